The Hall–Kier alpha value is -2.12. The third-order valence-electron chi connectivity index (χ3n) is 4.28. The summed E-state index contributed by atoms with van der Waals surface area (Å²) in [6.07, 6.45) is -0.501. The highest BCUT2D eigenvalue weighted by Gasteiger charge is 2.21. The molecule has 0 fully saturated rings. The first-order valence-electron chi connectivity index (χ1n) is 7.39. The predicted molar refractivity (Wildman–Crippen MR) is 88.5 cm³/mol. The molecular formula is C20H20O. The zero-order valence-corrected chi connectivity index (χ0v) is 12.5. The van der Waals surface area contributed by atoms with Crippen LogP contribution in [0.2, 0.25) is 0 Å². The Labute approximate surface area is 125 Å². The largest absolute Gasteiger partial charge is 0.388 e. The summed E-state index contributed by atoms with van der Waals surface area (Å²) < 4.78 is 0. The van der Waals surface area contributed by atoms with Crippen LogP contribution in [0.4, 0.5) is 0 Å². The molecule has 1 heteroatoms. The number of hydrogen-bond acceptors (Lipinski definition) is 1. The van der Waals surface area contributed by atoms with Crippen molar-refractivity contribution in [3.8, 4) is 0 Å². The normalized spacial score (nSPS) is 14.0. The van der Waals surface area contributed by atoms with E-state index in [-0.39, 0.29) is 5.92 Å². The van der Waals surface area contributed by atoms with Gasteiger partial charge in [-0.1, -0.05) is 73.7 Å². The van der Waals surface area contributed by atoms with E-state index in [1.165, 1.54) is 5.39 Å². The summed E-state index contributed by atoms with van der Waals surface area (Å²) in [6, 6.07) is 22.7. The minimum atomic E-state index is -0.501. The number of hydrogen-bond donors (Lipinski definition) is 1. The predicted octanol–water partition coefficient (Wildman–Crippen LogP) is 4.99. The van der Waals surface area contributed by atoms with Crippen LogP contribution >= 0.6 is 0 Å². The molecule has 0 heterocycles. The van der Waals surface area contributed by atoms with Crippen LogP contribution in [0.3, 0.4) is 0 Å². The zero-order valence-electron chi connectivity index (χ0n) is 12.5. The van der Waals surface area contributed by atoms with E-state index in [9.17, 15) is 5.11 Å². The molecule has 1 nitrogen and oxygen atoms in total. The molecule has 3 rings (SSSR count). The van der Waals surface area contributed by atoms with E-state index in [1.54, 1.807) is 0 Å². The maximum Gasteiger partial charge on any atom is 0.0864 e. The Morgan fingerprint density at radius 2 is 1.48 bits per heavy atom. The van der Waals surface area contributed by atoms with Gasteiger partial charge in [0, 0.05) is 5.92 Å². The third kappa shape index (κ3) is 2.57. The first kappa shape index (κ1) is 13.8. The summed E-state index contributed by atoms with van der Waals surface area (Å²) in [5.41, 5.74) is 3.35. The lowest BCUT2D eigenvalue weighted by molar-refractivity contribution is 0.152. The van der Waals surface area contributed by atoms with Crippen LogP contribution in [0.25, 0.3) is 10.8 Å². The minimum absolute atomic E-state index is 0.0655. The molecule has 0 aromatic heterocycles. The number of aryl methyl sites for hydroxylation is 1. The molecule has 0 aliphatic heterocycles. The van der Waals surface area contributed by atoms with Crippen LogP contribution < -0.4 is 0 Å². The lowest BCUT2D eigenvalue weighted by atomic mass is 9.86. The molecule has 0 amide bonds. The van der Waals surface area contributed by atoms with Crippen LogP contribution in [0.1, 0.15) is 35.6 Å². The van der Waals surface area contributed by atoms with E-state index >= 15 is 0 Å². The Kier molecular flexibility index (Phi) is 3.76. The number of fused-ring (bicyclic) bond motifs is 1. The molecule has 1 N–H and O–H groups in total. The smallest absolute Gasteiger partial charge is 0.0864 e. The van der Waals surface area contributed by atoms with Gasteiger partial charge >= 0.3 is 0 Å². The zero-order chi connectivity index (χ0) is 14.8. The van der Waals surface area contributed by atoms with Gasteiger partial charge < -0.3 is 5.11 Å². The van der Waals surface area contributed by atoms with E-state index in [4.69, 9.17) is 0 Å². The number of aliphatic hydroxyl groups is 1. The van der Waals surface area contributed by atoms with Gasteiger partial charge in [-0.2, -0.15) is 0 Å². The molecule has 21 heavy (non-hydrogen) atoms. The topological polar surface area (TPSA) is 20.2 Å². The van der Waals surface area contributed by atoms with Gasteiger partial charge in [0.05, 0.1) is 6.10 Å². The van der Waals surface area contributed by atoms with Crippen molar-refractivity contribution < 1.29 is 5.11 Å². The molecule has 0 bridgehead atoms. The van der Waals surface area contributed by atoms with Gasteiger partial charge in [0.25, 0.3) is 0 Å². The summed E-state index contributed by atoms with van der Waals surface area (Å²) in [6.45, 7) is 4.16. The highest BCUT2D eigenvalue weighted by atomic mass is 16.3. The molecule has 0 saturated heterocycles. The maximum absolute atomic E-state index is 10.9. The van der Waals surface area contributed by atoms with E-state index in [0.29, 0.717) is 0 Å². The molecule has 0 saturated carbocycles. The van der Waals surface area contributed by atoms with Gasteiger partial charge in [-0.15, -0.1) is 0 Å². The van der Waals surface area contributed by atoms with Crippen molar-refractivity contribution in [1.29, 1.82) is 0 Å². The summed E-state index contributed by atoms with van der Waals surface area (Å²) in [4.78, 5) is 0. The van der Waals surface area contributed by atoms with E-state index < -0.39 is 6.10 Å². The Bertz CT molecular complexity index is 746. The Morgan fingerprint density at radius 3 is 2.24 bits per heavy atom. The molecule has 2 unspecified atom stereocenters. The fraction of sp³-hybridized carbons (Fsp3) is 0.200. The van der Waals surface area contributed by atoms with Gasteiger partial charge in [0.1, 0.15) is 0 Å². The van der Waals surface area contributed by atoms with Gasteiger partial charge in [0.15, 0.2) is 0 Å². The van der Waals surface area contributed by atoms with Crippen molar-refractivity contribution in [2.75, 3.05) is 0 Å². The van der Waals surface area contributed by atoms with Crippen LogP contribution in [0.5, 0.6) is 0 Å². The van der Waals surface area contributed by atoms with Gasteiger partial charge in [-0.3, -0.25) is 0 Å². The first-order chi connectivity index (χ1) is 10.2. The molecule has 3 aromatic carbocycles. The molecule has 0 aliphatic carbocycles. The second-order valence-corrected chi connectivity index (χ2v) is 5.66. The monoisotopic (exact) mass is 276 g/mol. The molecule has 3 aromatic rings. The van der Waals surface area contributed by atoms with Crippen molar-refractivity contribution in [1.82, 2.24) is 0 Å². The number of benzene rings is 3. The quantitative estimate of drug-likeness (QED) is 0.715. The third-order valence-corrected chi connectivity index (χ3v) is 4.28. The standard InChI is InChI=1S/C20H20O/c1-14-12-13-17-10-6-7-11-18(17)19(14)20(21)15(2)16-8-4-3-5-9-16/h3-13,15,20-21H,1-2H3. The highest BCUT2D eigenvalue weighted by molar-refractivity contribution is 5.87. The van der Waals surface area contributed by atoms with Crippen LogP contribution in [0.15, 0.2) is 66.7 Å². The SMILES string of the molecule is Cc1ccc2ccccc2c1C(O)C(C)c1ccccc1. The fourth-order valence-electron chi connectivity index (χ4n) is 2.99. The Morgan fingerprint density at radius 1 is 0.810 bits per heavy atom. The van der Waals surface area contributed by atoms with E-state index in [1.807, 2.05) is 30.3 Å². The lowest BCUT2D eigenvalue weighted by Crippen LogP contribution is -2.09. The summed E-state index contributed by atoms with van der Waals surface area (Å²) in [5.74, 6) is 0.0655. The molecule has 0 radical (unpaired) electrons. The second kappa shape index (κ2) is 5.71. The number of rotatable bonds is 3. The molecule has 0 aliphatic rings. The summed E-state index contributed by atoms with van der Waals surface area (Å²) in [7, 11) is 0. The highest BCUT2D eigenvalue weighted by Crippen LogP contribution is 2.36. The average molecular weight is 276 g/mol. The average Bonchev–Trinajstić information content (AvgIpc) is 2.54. The molecule has 106 valence electrons. The summed E-state index contributed by atoms with van der Waals surface area (Å²) >= 11 is 0. The molecule has 0 spiro atoms. The number of aliphatic hydroxyl groups excluding tert-OH is 1. The van der Waals surface area contributed by atoms with Crippen LogP contribution in [0, 0.1) is 6.92 Å². The van der Waals surface area contributed by atoms with E-state index in [2.05, 4.69) is 50.2 Å². The van der Waals surface area contributed by atoms with Crippen molar-refractivity contribution in [2.45, 2.75) is 25.9 Å². The van der Waals surface area contributed by atoms with Crippen LogP contribution in [-0.2, 0) is 0 Å². The van der Waals surface area contributed by atoms with Crippen LogP contribution in [-0.4, -0.2) is 5.11 Å². The van der Waals surface area contributed by atoms with Crippen molar-refractivity contribution in [3.05, 3.63) is 83.4 Å². The van der Waals surface area contributed by atoms with E-state index in [0.717, 1.165) is 22.1 Å². The fourth-order valence-corrected chi connectivity index (χ4v) is 2.99. The van der Waals surface area contributed by atoms with Crippen molar-refractivity contribution in [2.24, 2.45) is 0 Å². The molecular weight excluding hydrogens is 256 g/mol. The lowest BCUT2D eigenvalue weighted by Gasteiger charge is -2.23. The van der Waals surface area contributed by atoms with Gasteiger partial charge in [-0.25, -0.2) is 0 Å². The summed E-state index contributed by atoms with van der Waals surface area (Å²) in [5, 5.41) is 13.2. The van der Waals surface area contributed by atoms with Crippen molar-refractivity contribution >= 4 is 10.8 Å². The van der Waals surface area contributed by atoms with Gasteiger partial charge in [0.2, 0.25) is 0 Å². The minimum Gasteiger partial charge on any atom is -0.388 e. The van der Waals surface area contributed by atoms with Gasteiger partial charge in [-0.05, 0) is 34.4 Å². The Balaban J connectivity index is 2.09. The second-order valence-electron chi connectivity index (χ2n) is 5.66. The first-order valence-corrected chi connectivity index (χ1v) is 7.39. The maximum atomic E-state index is 10.9. The van der Waals surface area contributed by atoms with Crippen molar-refractivity contribution in [3.63, 3.8) is 0 Å². The molecule has 2 atom stereocenters.